The van der Waals surface area contributed by atoms with Crippen molar-refractivity contribution in [2.75, 3.05) is 11.5 Å². The average Bonchev–Trinajstić information content (AvgIpc) is 2.64. The molecule has 1 heterocycles. The Labute approximate surface area is 140 Å². The van der Waals surface area contributed by atoms with Gasteiger partial charge in [-0.15, -0.1) is 0 Å². The minimum Gasteiger partial charge on any atom is -0.397 e. The van der Waals surface area contributed by atoms with E-state index in [0.717, 1.165) is 28.1 Å². The zero-order valence-electron chi connectivity index (χ0n) is 13.6. The predicted octanol–water partition coefficient (Wildman–Crippen LogP) is 4.78. The smallest absolute Gasteiger partial charge is 0.0730 e. The molecule has 0 unspecified atom stereocenters. The molecule has 4 N–H and O–H groups in total. The quantitative estimate of drug-likeness (QED) is 0.413. The highest BCUT2D eigenvalue weighted by Crippen LogP contribution is 2.38. The molecule has 0 aliphatic heterocycles. The molecule has 0 fully saturated rings. The zero-order chi connectivity index (χ0) is 16.7. The first kappa shape index (κ1) is 14.5. The summed E-state index contributed by atoms with van der Waals surface area (Å²) in [5.74, 6) is 0. The SMILES string of the molecule is CCc1c(-c2ccccc2)ccc2cnc3ccc(N)c(N)c3c12. The predicted molar refractivity (Wildman–Crippen MR) is 103 cm³/mol. The molecule has 4 aromatic rings. The van der Waals surface area contributed by atoms with Crippen LogP contribution in [0.25, 0.3) is 32.8 Å². The zero-order valence-corrected chi connectivity index (χ0v) is 13.6. The lowest BCUT2D eigenvalue weighted by Gasteiger charge is -2.15. The number of pyridine rings is 1. The van der Waals surface area contributed by atoms with Gasteiger partial charge in [0, 0.05) is 17.0 Å². The van der Waals surface area contributed by atoms with E-state index in [0.29, 0.717) is 11.4 Å². The molecular weight excluding hydrogens is 294 g/mol. The highest BCUT2D eigenvalue weighted by molar-refractivity contribution is 6.16. The van der Waals surface area contributed by atoms with E-state index in [1.54, 1.807) is 0 Å². The maximum atomic E-state index is 6.33. The monoisotopic (exact) mass is 313 g/mol. The molecule has 0 spiro atoms. The van der Waals surface area contributed by atoms with Crippen LogP contribution in [0.15, 0.2) is 60.8 Å². The summed E-state index contributed by atoms with van der Waals surface area (Å²) in [6, 6.07) is 18.5. The van der Waals surface area contributed by atoms with Crippen molar-refractivity contribution in [1.82, 2.24) is 4.98 Å². The van der Waals surface area contributed by atoms with Crippen molar-refractivity contribution >= 4 is 33.1 Å². The van der Waals surface area contributed by atoms with Crippen LogP contribution in [0.1, 0.15) is 12.5 Å². The van der Waals surface area contributed by atoms with Crippen LogP contribution >= 0.6 is 0 Å². The fourth-order valence-electron chi connectivity index (χ4n) is 3.46. The molecule has 0 radical (unpaired) electrons. The molecule has 3 aromatic carbocycles. The number of benzene rings is 3. The molecule has 0 aliphatic carbocycles. The summed E-state index contributed by atoms with van der Waals surface area (Å²) in [5, 5.41) is 3.21. The summed E-state index contributed by atoms with van der Waals surface area (Å²) in [5.41, 5.74) is 18.2. The van der Waals surface area contributed by atoms with E-state index in [9.17, 15) is 0 Å². The van der Waals surface area contributed by atoms with Crippen molar-refractivity contribution in [2.45, 2.75) is 13.3 Å². The van der Waals surface area contributed by atoms with Crippen molar-refractivity contribution in [1.29, 1.82) is 0 Å². The minimum atomic E-state index is 0.601. The summed E-state index contributed by atoms with van der Waals surface area (Å²) in [4.78, 5) is 4.55. The first-order chi connectivity index (χ1) is 11.7. The largest absolute Gasteiger partial charge is 0.397 e. The minimum absolute atomic E-state index is 0.601. The van der Waals surface area contributed by atoms with Crippen molar-refractivity contribution in [3.63, 3.8) is 0 Å². The van der Waals surface area contributed by atoms with E-state index >= 15 is 0 Å². The fourth-order valence-corrected chi connectivity index (χ4v) is 3.46. The lowest BCUT2D eigenvalue weighted by atomic mass is 9.91. The molecular formula is C21H19N3. The standard InChI is InChI=1S/C21H19N3/c1-2-15-16(13-6-4-3-5-7-13)9-8-14-12-24-18-11-10-17(22)21(23)20(18)19(14)15/h3-12H,2,22-23H2,1H3. The molecule has 3 heteroatoms. The van der Waals surface area contributed by atoms with Gasteiger partial charge in [0.05, 0.1) is 16.9 Å². The number of anilines is 2. The number of nitrogens with zero attached hydrogens (tertiary/aromatic N) is 1. The summed E-state index contributed by atoms with van der Waals surface area (Å²) in [7, 11) is 0. The average molecular weight is 313 g/mol. The van der Waals surface area contributed by atoms with Gasteiger partial charge in [0.15, 0.2) is 0 Å². The molecule has 0 bridgehead atoms. The van der Waals surface area contributed by atoms with Gasteiger partial charge < -0.3 is 11.5 Å². The van der Waals surface area contributed by atoms with Crippen molar-refractivity contribution in [2.24, 2.45) is 0 Å². The summed E-state index contributed by atoms with van der Waals surface area (Å²) >= 11 is 0. The van der Waals surface area contributed by atoms with Crippen LogP contribution in [-0.4, -0.2) is 4.98 Å². The van der Waals surface area contributed by atoms with Gasteiger partial charge in [-0.3, -0.25) is 4.98 Å². The Hall–Kier alpha value is -3.07. The summed E-state index contributed by atoms with van der Waals surface area (Å²) in [6.45, 7) is 2.18. The number of aromatic nitrogens is 1. The van der Waals surface area contributed by atoms with E-state index in [1.165, 1.54) is 16.7 Å². The molecule has 0 aliphatic rings. The molecule has 118 valence electrons. The van der Waals surface area contributed by atoms with Crippen LogP contribution in [0, 0.1) is 0 Å². The van der Waals surface area contributed by atoms with Crippen LogP contribution < -0.4 is 11.5 Å². The highest BCUT2D eigenvalue weighted by atomic mass is 14.7. The summed E-state index contributed by atoms with van der Waals surface area (Å²) in [6.07, 6.45) is 2.83. The van der Waals surface area contributed by atoms with Gasteiger partial charge in [-0.25, -0.2) is 0 Å². The van der Waals surface area contributed by atoms with Gasteiger partial charge in [0.1, 0.15) is 0 Å². The maximum absolute atomic E-state index is 6.33. The van der Waals surface area contributed by atoms with Gasteiger partial charge in [0.25, 0.3) is 0 Å². The maximum Gasteiger partial charge on any atom is 0.0730 e. The van der Waals surface area contributed by atoms with Crippen LogP contribution in [0.5, 0.6) is 0 Å². The normalized spacial score (nSPS) is 11.2. The van der Waals surface area contributed by atoms with Crippen LogP contribution in [0.4, 0.5) is 11.4 Å². The van der Waals surface area contributed by atoms with Crippen LogP contribution in [0.3, 0.4) is 0 Å². The van der Waals surface area contributed by atoms with Crippen molar-refractivity contribution < 1.29 is 0 Å². The van der Waals surface area contributed by atoms with Gasteiger partial charge in [-0.2, -0.15) is 0 Å². The number of nitrogen functional groups attached to an aromatic ring is 2. The molecule has 4 rings (SSSR count). The molecule has 0 amide bonds. The second kappa shape index (κ2) is 5.53. The number of hydrogen-bond acceptors (Lipinski definition) is 3. The van der Waals surface area contributed by atoms with E-state index < -0.39 is 0 Å². The second-order valence-electron chi connectivity index (χ2n) is 6.00. The number of aryl methyl sites for hydroxylation is 1. The lowest BCUT2D eigenvalue weighted by Crippen LogP contribution is -1.99. The third-order valence-corrected chi connectivity index (χ3v) is 4.63. The Kier molecular flexibility index (Phi) is 3.35. The van der Waals surface area contributed by atoms with E-state index in [1.807, 2.05) is 24.4 Å². The molecule has 0 atom stereocenters. The molecule has 1 aromatic heterocycles. The summed E-state index contributed by atoms with van der Waals surface area (Å²) < 4.78 is 0. The van der Waals surface area contributed by atoms with E-state index in [2.05, 4.69) is 48.3 Å². The number of nitrogens with two attached hydrogens (primary N) is 2. The first-order valence-corrected chi connectivity index (χ1v) is 8.14. The molecule has 3 nitrogen and oxygen atoms in total. The van der Waals surface area contributed by atoms with E-state index in [4.69, 9.17) is 11.5 Å². The van der Waals surface area contributed by atoms with Gasteiger partial charge in [-0.1, -0.05) is 49.4 Å². The third kappa shape index (κ3) is 2.09. The van der Waals surface area contributed by atoms with Crippen molar-refractivity contribution in [3.05, 3.63) is 66.4 Å². The Balaban J connectivity index is 2.20. The first-order valence-electron chi connectivity index (χ1n) is 8.14. The number of rotatable bonds is 2. The second-order valence-corrected chi connectivity index (χ2v) is 6.00. The Bertz CT molecular complexity index is 1050. The van der Waals surface area contributed by atoms with Crippen LogP contribution in [-0.2, 0) is 6.42 Å². The van der Waals surface area contributed by atoms with Gasteiger partial charge in [0.2, 0.25) is 0 Å². The van der Waals surface area contributed by atoms with Crippen molar-refractivity contribution in [3.8, 4) is 11.1 Å². The highest BCUT2D eigenvalue weighted by Gasteiger charge is 2.14. The van der Waals surface area contributed by atoms with Gasteiger partial charge >= 0.3 is 0 Å². The lowest BCUT2D eigenvalue weighted by molar-refractivity contribution is 1.16. The Morgan fingerprint density at radius 2 is 1.67 bits per heavy atom. The Morgan fingerprint density at radius 1 is 0.875 bits per heavy atom. The Morgan fingerprint density at radius 3 is 2.42 bits per heavy atom. The van der Waals surface area contributed by atoms with Crippen LogP contribution in [0.2, 0.25) is 0 Å². The number of hydrogen-bond donors (Lipinski definition) is 2. The fraction of sp³-hybridized carbons (Fsp3) is 0.0952. The van der Waals surface area contributed by atoms with E-state index in [-0.39, 0.29) is 0 Å². The molecule has 0 saturated carbocycles. The topological polar surface area (TPSA) is 64.9 Å². The van der Waals surface area contributed by atoms with Gasteiger partial charge in [-0.05, 0) is 40.6 Å². The third-order valence-electron chi connectivity index (χ3n) is 4.63. The molecule has 0 saturated heterocycles. The molecule has 24 heavy (non-hydrogen) atoms. The number of fused-ring (bicyclic) bond motifs is 3.